The lowest BCUT2D eigenvalue weighted by molar-refractivity contribution is 0.0678. The molecule has 0 bridgehead atoms. The Balaban J connectivity index is 2.00. The van der Waals surface area contributed by atoms with Gasteiger partial charge in [-0.05, 0) is 24.8 Å². The number of aliphatic hydroxyl groups excluding tert-OH is 1. The summed E-state index contributed by atoms with van der Waals surface area (Å²) in [4.78, 5) is 0.200. The van der Waals surface area contributed by atoms with Crippen molar-refractivity contribution in [3.63, 3.8) is 0 Å². The average Bonchev–Trinajstić information content (AvgIpc) is 2.80. The molecule has 0 saturated carbocycles. The summed E-state index contributed by atoms with van der Waals surface area (Å²) < 4.78 is 33.7. The van der Waals surface area contributed by atoms with Gasteiger partial charge in [-0.25, -0.2) is 13.1 Å². The fraction of sp³-hybridized carbons (Fsp3) is 0.667. The molecule has 1 aromatic heterocycles. The van der Waals surface area contributed by atoms with Crippen molar-refractivity contribution < 1.29 is 18.3 Å². The Kier molecular flexibility index (Phi) is 4.62. The van der Waals surface area contributed by atoms with Gasteiger partial charge in [-0.15, -0.1) is 0 Å². The van der Waals surface area contributed by atoms with Gasteiger partial charge < -0.3 is 14.4 Å². The molecule has 0 spiro atoms. The number of aromatic nitrogens is 1. The van der Waals surface area contributed by atoms with E-state index in [1.165, 1.54) is 12.3 Å². The van der Waals surface area contributed by atoms with Crippen molar-refractivity contribution in [1.29, 1.82) is 0 Å². The first-order valence-electron chi connectivity index (χ1n) is 6.36. The van der Waals surface area contributed by atoms with Crippen LogP contribution < -0.4 is 4.72 Å². The van der Waals surface area contributed by atoms with Crippen LogP contribution in [0, 0.1) is 5.92 Å². The SMILES string of the molecule is Cn1cc(S(=O)(=O)NCC2CCOCC2)cc1CO. The molecule has 1 aromatic rings. The van der Waals surface area contributed by atoms with E-state index in [4.69, 9.17) is 9.84 Å². The largest absolute Gasteiger partial charge is 0.390 e. The standard InChI is InChI=1S/C12H20N2O4S/c1-14-8-12(6-11(14)9-15)19(16,17)13-7-10-2-4-18-5-3-10/h6,8,10,13,15H,2-5,7,9H2,1H3. The number of aryl methyl sites for hydroxylation is 1. The van der Waals surface area contributed by atoms with E-state index in [1.807, 2.05) is 0 Å². The monoisotopic (exact) mass is 288 g/mol. The van der Waals surface area contributed by atoms with Crippen molar-refractivity contribution in [2.45, 2.75) is 24.3 Å². The number of nitrogens with one attached hydrogen (secondary N) is 1. The third-order valence-corrected chi connectivity index (χ3v) is 4.85. The third kappa shape index (κ3) is 3.56. The van der Waals surface area contributed by atoms with Crippen LogP contribution in [0.5, 0.6) is 0 Å². The van der Waals surface area contributed by atoms with E-state index in [9.17, 15) is 8.42 Å². The second-order valence-electron chi connectivity index (χ2n) is 4.84. The molecule has 1 aliphatic rings. The summed E-state index contributed by atoms with van der Waals surface area (Å²) in [5, 5.41) is 9.08. The van der Waals surface area contributed by atoms with Crippen molar-refractivity contribution in [2.24, 2.45) is 13.0 Å². The molecule has 2 heterocycles. The van der Waals surface area contributed by atoms with Gasteiger partial charge in [-0.3, -0.25) is 0 Å². The molecule has 108 valence electrons. The Morgan fingerprint density at radius 1 is 1.47 bits per heavy atom. The van der Waals surface area contributed by atoms with E-state index in [-0.39, 0.29) is 11.5 Å². The zero-order chi connectivity index (χ0) is 13.9. The van der Waals surface area contributed by atoms with E-state index in [2.05, 4.69) is 4.72 Å². The topological polar surface area (TPSA) is 80.6 Å². The van der Waals surface area contributed by atoms with Crippen molar-refractivity contribution in [3.05, 3.63) is 18.0 Å². The Hall–Kier alpha value is -0.890. The fourth-order valence-corrected chi connectivity index (χ4v) is 3.35. The van der Waals surface area contributed by atoms with Crippen LogP contribution in [0.4, 0.5) is 0 Å². The van der Waals surface area contributed by atoms with Crippen molar-refractivity contribution >= 4 is 10.0 Å². The second-order valence-corrected chi connectivity index (χ2v) is 6.61. The van der Waals surface area contributed by atoms with Crippen molar-refractivity contribution in [3.8, 4) is 0 Å². The number of rotatable bonds is 5. The molecule has 1 aliphatic heterocycles. The maximum Gasteiger partial charge on any atom is 0.242 e. The number of ether oxygens (including phenoxy) is 1. The number of hydrogen-bond donors (Lipinski definition) is 2. The molecule has 0 aliphatic carbocycles. The molecule has 2 N–H and O–H groups in total. The molecule has 0 atom stereocenters. The van der Waals surface area contributed by atoms with Gasteiger partial charge in [0.25, 0.3) is 0 Å². The molecule has 1 saturated heterocycles. The van der Waals surface area contributed by atoms with Gasteiger partial charge in [0.2, 0.25) is 10.0 Å². The summed E-state index contributed by atoms with van der Waals surface area (Å²) in [5.74, 6) is 0.338. The van der Waals surface area contributed by atoms with E-state index < -0.39 is 10.0 Å². The molecule has 19 heavy (non-hydrogen) atoms. The van der Waals surface area contributed by atoms with E-state index >= 15 is 0 Å². The summed E-state index contributed by atoms with van der Waals surface area (Å²) in [7, 11) is -1.78. The minimum absolute atomic E-state index is 0.175. The molecule has 6 nitrogen and oxygen atoms in total. The highest BCUT2D eigenvalue weighted by molar-refractivity contribution is 7.89. The predicted molar refractivity (Wildman–Crippen MR) is 70.1 cm³/mol. The molecule has 0 unspecified atom stereocenters. The number of sulfonamides is 1. The smallest absolute Gasteiger partial charge is 0.242 e. The first-order chi connectivity index (χ1) is 9.03. The molecular formula is C12H20N2O4S. The van der Waals surface area contributed by atoms with Crippen LogP contribution in [-0.4, -0.2) is 37.8 Å². The van der Waals surface area contributed by atoms with Crippen LogP contribution in [0.2, 0.25) is 0 Å². The quantitative estimate of drug-likeness (QED) is 0.812. The molecule has 0 radical (unpaired) electrons. The summed E-state index contributed by atoms with van der Waals surface area (Å²) >= 11 is 0. The van der Waals surface area contributed by atoms with Crippen molar-refractivity contribution in [1.82, 2.24) is 9.29 Å². The minimum Gasteiger partial charge on any atom is -0.390 e. The lowest BCUT2D eigenvalue weighted by Crippen LogP contribution is -2.32. The van der Waals surface area contributed by atoms with E-state index in [0.29, 0.717) is 31.4 Å². The van der Waals surface area contributed by atoms with Crippen molar-refractivity contribution in [2.75, 3.05) is 19.8 Å². The highest BCUT2D eigenvalue weighted by atomic mass is 32.2. The molecule has 2 rings (SSSR count). The number of nitrogens with zero attached hydrogens (tertiary/aromatic N) is 1. The Morgan fingerprint density at radius 3 is 2.74 bits per heavy atom. The zero-order valence-corrected chi connectivity index (χ0v) is 11.8. The molecule has 1 fully saturated rings. The number of hydrogen-bond acceptors (Lipinski definition) is 4. The third-order valence-electron chi connectivity index (χ3n) is 3.46. The first-order valence-corrected chi connectivity index (χ1v) is 7.85. The summed E-state index contributed by atoms with van der Waals surface area (Å²) in [6.45, 7) is 1.67. The highest BCUT2D eigenvalue weighted by Crippen LogP contribution is 2.16. The Labute approximate surface area is 113 Å². The van der Waals surface area contributed by atoms with Crippen LogP contribution in [-0.2, 0) is 28.4 Å². The van der Waals surface area contributed by atoms with Gasteiger partial charge in [-0.1, -0.05) is 0 Å². The van der Waals surface area contributed by atoms with Crippen LogP contribution in [0.15, 0.2) is 17.2 Å². The van der Waals surface area contributed by atoms with Gasteiger partial charge in [0.15, 0.2) is 0 Å². The fourth-order valence-electron chi connectivity index (χ4n) is 2.14. The predicted octanol–water partition coefficient (Wildman–Crippen LogP) is 0.222. The maximum absolute atomic E-state index is 12.1. The van der Waals surface area contributed by atoms with Gasteiger partial charge in [-0.2, -0.15) is 0 Å². The van der Waals surface area contributed by atoms with Crippen LogP contribution >= 0.6 is 0 Å². The van der Waals surface area contributed by atoms with Gasteiger partial charge in [0.1, 0.15) is 0 Å². The summed E-state index contributed by atoms with van der Waals surface area (Å²) in [5.41, 5.74) is 0.575. The first kappa shape index (κ1) is 14.5. The lowest BCUT2D eigenvalue weighted by atomic mass is 10.0. The van der Waals surface area contributed by atoms with E-state index in [1.54, 1.807) is 11.6 Å². The highest BCUT2D eigenvalue weighted by Gasteiger charge is 2.20. The van der Waals surface area contributed by atoms with E-state index in [0.717, 1.165) is 12.8 Å². The minimum atomic E-state index is -3.49. The molecule has 7 heteroatoms. The van der Waals surface area contributed by atoms with Crippen LogP contribution in [0.25, 0.3) is 0 Å². The summed E-state index contributed by atoms with van der Waals surface area (Å²) in [6.07, 6.45) is 3.29. The van der Waals surface area contributed by atoms with Gasteiger partial charge >= 0.3 is 0 Å². The average molecular weight is 288 g/mol. The lowest BCUT2D eigenvalue weighted by Gasteiger charge is -2.21. The Morgan fingerprint density at radius 2 is 2.16 bits per heavy atom. The molecule has 0 amide bonds. The second kappa shape index (κ2) is 6.04. The molecular weight excluding hydrogens is 268 g/mol. The zero-order valence-electron chi connectivity index (χ0n) is 11.0. The molecule has 0 aromatic carbocycles. The Bertz CT molecular complexity index is 518. The van der Waals surface area contributed by atoms with Crippen LogP contribution in [0.1, 0.15) is 18.5 Å². The number of aliphatic hydroxyl groups is 1. The maximum atomic E-state index is 12.1. The normalized spacial score (nSPS) is 17.8. The van der Waals surface area contributed by atoms with Gasteiger partial charge in [0.05, 0.1) is 11.5 Å². The van der Waals surface area contributed by atoms with Crippen LogP contribution in [0.3, 0.4) is 0 Å². The summed E-state index contributed by atoms with van der Waals surface area (Å²) in [6, 6.07) is 1.49. The van der Waals surface area contributed by atoms with Gasteiger partial charge in [0, 0.05) is 38.7 Å².